The maximum absolute atomic E-state index is 5.73. The molecular formula is C13H22N2O. The number of hydrogen-bond acceptors (Lipinski definition) is 3. The van der Waals surface area contributed by atoms with Gasteiger partial charge in [-0.1, -0.05) is 0 Å². The molecule has 3 nitrogen and oxygen atoms in total. The molecule has 0 aliphatic heterocycles. The smallest absolute Gasteiger partial charge is 0.127 e. The van der Waals surface area contributed by atoms with Crippen molar-refractivity contribution in [2.45, 2.75) is 52.8 Å². The van der Waals surface area contributed by atoms with Crippen molar-refractivity contribution in [1.29, 1.82) is 0 Å². The van der Waals surface area contributed by atoms with Crippen molar-refractivity contribution in [3.63, 3.8) is 0 Å². The predicted molar refractivity (Wildman–Crippen MR) is 66.6 cm³/mol. The van der Waals surface area contributed by atoms with Crippen LogP contribution < -0.4 is 10.1 Å². The third kappa shape index (κ3) is 4.62. The van der Waals surface area contributed by atoms with Crippen LogP contribution in [0, 0.1) is 0 Å². The second-order valence-electron chi connectivity index (χ2n) is 5.25. The summed E-state index contributed by atoms with van der Waals surface area (Å²) in [5, 5.41) is 3.43. The zero-order valence-corrected chi connectivity index (χ0v) is 10.9. The Bertz CT molecular complexity index is 329. The van der Waals surface area contributed by atoms with E-state index < -0.39 is 0 Å². The Morgan fingerprint density at radius 2 is 2.06 bits per heavy atom. The monoisotopic (exact) mass is 222 g/mol. The summed E-state index contributed by atoms with van der Waals surface area (Å²) < 4.78 is 5.73. The van der Waals surface area contributed by atoms with Gasteiger partial charge in [-0.3, -0.25) is 4.98 Å². The topological polar surface area (TPSA) is 34.1 Å². The van der Waals surface area contributed by atoms with Gasteiger partial charge in [0.15, 0.2) is 0 Å². The standard InChI is InChI=1S/C13H22N2O/c1-10(2)16-12-6-7-14-8-11(12)9-15-13(3,4)5/h6-8,10,15H,9H2,1-5H3. The van der Waals surface area contributed by atoms with Crippen LogP contribution in [0.1, 0.15) is 40.2 Å². The highest BCUT2D eigenvalue weighted by atomic mass is 16.5. The van der Waals surface area contributed by atoms with E-state index in [-0.39, 0.29) is 11.6 Å². The van der Waals surface area contributed by atoms with Crippen molar-refractivity contribution in [1.82, 2.24) is 10.3 Å². The van der Waals surface area contributed by atoms with Crippen molar-refractivity contribution >= 4 is 0 Å². The molecule has 1 aromatic rings. The lowest BCUT2D eigenvalue weighted by Crippen LogP contribution is -2.35. The minimum Gasteiger partial charge on any atom is -0.491 e. The Hall–Kier alpha value is -1.09. The van der Waals surface area contributed by atoms with E-state index in [1.807, 2.05) is 26.1 Å². The van der Waals surface area contributed by atoms with Crippen LogP contribution in [0.3, 0.4) is 0 Å². The normalized spacial score (nSPS) is 11.9. The van der Waals surface area contributed by atoms with Crippen LogP contribution in [0.15, 0.2) is 18.5 Å². The number of hydrogen-bond donors (Lipinski definition) is 1. The predicted octanol–water partition coefficient (Wildman–Crippen LogP) is 2.76. The molecule has 1 aromatic heterocycles. The fourth-order valence-electron chi connectivity index (χ4n) is 1.28. The highest BCUT2D eigenvalue weighted by molar-refractivity contribution is 5.30. The van der Waals surface area contributed by atoms with E-state index in [0.717, 1.165) is 17.9 Å². The average Bonchev–Trinajstić information content (AvgIpc) is 2.14. The second-order valence-corrected chi connectivity index (χ2v) is 5.25. The van der Waals surface area contributed by atoms with Gasteiger partial charge in [-0.2, -0.15) is 0 Å². The van der Waals surface area contributed by atoms with Gasteiger partial charge in [-0.25, -0.2) is 0 Å². The molecule has 0 aromatic carbocycles. The summed E-state index contributed by atoms with van der Waals surface area (Å²) in [7, 11) is 0. The number of rotatable bonds is 4. The largest absolute Gasteiger partial charge is 0.491 e. The maximum Gasteiger partial charge on any atom is 0.127 e. The van der Waals surface area contributed by atoms with Gasteiger partial charge >= 0.3 is 0 Å². The van der Waals surface area contributed by atoms with Crippen LogP contribution in [0.25, 0.3) is 0 Å². The maximum atomic E-state index is 5.73. The molecular weight excluding hydrogens is 200 g/mol. The second kappa shape index (κ2) is 5.30. The van der Waals surface area contributed by atoms with Gasteiger partial charge in [0.1, 0.15) is 5.75 Å². The number of nitrogens with zero attached hydrogens (tertiary/aromatic N) is 1. The van der Waals surface area contributed by atoms with E-state index in [9.17, 15) is 0 Å². The SMILES string of the molecule is CC(C)Oc1ccncc1CNC(C)(C)C. The van der Waals surface area contributed by atoms with Gasteiger partial charge in [-0.15, -0.1) is 0 Å². The summed E-state index contributed by atoms with van der Waals surface area (Å²) >= 11 is 0. The summed E-state index contributed by atoms with van der Waals surface area (Å²) in [5.74, 6) is 0.918. The van der Waals surface area contributed by atoms with Crippen molar-refractivity contribution in [2.24, 2.45) is 0 Å². The quantitative estimate of drug-likeness (QED) is 0.850. The molecule has 0 saturated heterocycles. The Morgan fingerprint density at radius 1 is 1.38 bits per heavy atom. The first-order valence-corrected chi connectivity index (χ1v) is 5.73. The lowest BCUT2D eigenvalue weighted by atomic mass is 10.1. The number of aromatic nitrogens is 1. The summed E-state index contributed by atoms with van der Waals surface area (Å²) in [6.45, 7) is 11.3. The number of nitrogens with one attached hydrogen (secondary N) is 1. The average molecular weight is 222 g/mol. The first-order valence-electron chi connectivity index (χ1n) is 5.73. The van der Waals surface area contributed by atoms with Crippen LogP contribution in [-0.2, 0) is 6.54 Å². The van der Waals surface area contributed by atoms with Crippen LogP contribution in [0.4, 0.5) is 0 Å². The van der Waals surface area contributed by atoms with Gasteiger partial charge in [0.2, 0.25) is 0 Å². The molecule has 0 saturated carbocycles. The molecule has 0 fully saturated rings. The van der Waals surface area contributed by atoms with E-state index in [1.54, 1.807) is 6.20 Å². The molecule has 0 unspecified atom stereocenters. The zero-order valence-electron chi connectivity index (χ0n) is 10.9. The molecule has 1 rings (SSSR count). The third-order valence-electron chi connectivity index (χ3n) is 2.03. The minimum atomic E-state index is 0.102. The number of pyridine rings is 1. The van der Waals surface area contributed by atoms with Gasteiger partial charge < -0.3 is 10.1 Å². The Kier molecular flexibility index (Phi) is 4.30. The molecule has 3 heteroatoms. The number of ether oxygens (including phenoxy) is 1. The molecule has 1 heterocycles. The van der Waals surface area contributed by atoms with Crippen LogP contribution >= 0.6 is 0 Å². The van der Waals surface area contributed by atoms with E-state index in [4.69, 9.17) is 4.74 Å². The van der Waals surface area contributed by atoms with Gasteiger partial charge in [0, 0.05) is 30.0 Å². The minimum absolute atomic E-state index is 0.102. The van der Waals surface area contributed by atoms with Gasteiger partial charge in [0.05, 0.1) is 6.10 Å². The van der Waals surface area contributed by atoms with E-state index in [1.165, 1.54) is 0 Å². The summed E-state index contributed by atoms with van der Waals surface area (Å²) in [6, 6.07) is 1.92. The van der Waals surface area contributed by atoms with Gasteiger partial charge in [-0.05, 0) is 40.7 Å². The Morgan fingerprint density at radius 3 is 2.62 bits per heavy atom. The first kappa shape index (κ1) is 13.0. The van der Waals surface area contributed by atoms with Crippen LogP contribution in [0.2, 0.25) is 0 Å². The lowest BCUT2D eigenvalue weighted by molar-refractivity contribution is 0.238. The van der Waals surface area contributed by atoms with Crippen molar-refractivity contribution < 1.29 is 4.74 Å². The van der Waals surface area contributed by atoms with Crippen LogP contribution in [-0.4, -0.2) is 16.6 Å². The third-order valence-corrected chi connectivity index (χ3v) is 2.03. The first-order chi connectivity index (χ1) is 7.38. The summed E-state index contributed by atoms with van der Waals surface area (Å²) in [5.41, 5.74) is 1.21. The lowest BCUT2D eigenvalue weighted by Gasteiger charge is -2.22. The van der Waals surface area contributed by atoms with E-state index >= 15 is 0 Å². The Balaban J connectivity index is 2.71. The zero-order chi connectivity index (χ0) is 12.2. The molecule has 0 aliphatic rings. The molecule has 16 heavy (non-hydrogen) atoms. The fourth-order valence-corrected chi connectivity index (χ4v) is 1.28. The van der Waals surface area contributed by atoms with Crippen molar-refractivity contribution in [2.75, 3.05) is 0 Å². The fraction of sp³-hybridized carbons (Fsp3) is 0.615. The molecule has 0 radical (unpaired) electrons. The van der Waals surface area contributed by atoms with Crippen LogP contribution in [0.5, 0.6) is 5.75 Å². The molecule has 0 amide bonds. The molecule has 90 valence electrons. The molecule has 0 bridgehead atoms. The highest BCUT2D eigenvalue weighted by Crippen LogP contribution is 2.18. The van der Waals surface area contributed by atoms with E-state index in [2.05, 4.69) is 31.1 Å². The highest BCUT2D eigenvalue weighted by Gasteiger charge is 2.11. The molecule has 0 aliphatic carbocycles. The summed E-state index contributed by atoms with van der Waals surface area (Å²) in [6.07, 6.45) is 3.81. The van der Waals surface area contributed by atoms with Crippen molar-refractivity contribution in [3.05, 3.63) is 24.0 Å². The molecule has 0 atom stereocenters. The molecule has 1 N–H and O–H groups in total. The van der Waals surface area contributed by atoms with Gasteiger partial charge in [0.25, 0.3) is 0 Å². The van der Waals surface area contributed by atoms with E-state index in [0.29, 0.717) is 0 Å². The summed E-state index contributed by atoms with van der Waals surface area (Å²) in [4.78, 5) is 4.13. The molecule has 0 spiro atoms. The van der Waals surface area contributed by atoms with Crippen molar-refractivity contribution in [3.8, 4) is 5.75 Å². The Labute approximate surface area is 98.2 Å².